The number of nitrogens with zero attached hydrogens (tertiary/aromatic N) is 2. The van der Waals surface area contributed by atoms with Crippen LogP contribution in [0.5, 0.6) is 0 Å². The molecule has 0 atom stereocenters. The molecule has 0 unspecified atom stereocenters. The van der Waals surface area contributed by atoms with Gasteiger partial charge in [-0.1, -0.05) is 29.3 Å². The number of rotatable bonds is 6. The lowest BCUT2D eigenvalue weighted by Gasteiger charge is -2.36. The minimum atomic E-state index is -0.602. The van der Waals surface area contributed by atoms with E-state index in [-0.39, 0.29) is 24.7 Å². The average molecular weight is 467 g/mol. The Labute approximate surface area is 189 Å². The monoisotopic (exact) mass is 466 g/mol. The van der Waals surface area contributed by atoms with Gasteiger partial charge in [0, 0.05) is 47.4 Å². The van der Waals surface area contributed by atoms with Gasteiger partial charge in [0.15, 0.2) is 12.4 Å². The van der Waals surface area contributed by atoms with Crippen LogP contribution < -0.4 is 4.90 Å². The zero-order valence-corrected chi connectivity index (χ0v) is 18.4. The highest BCUT2D eigenvalue weighted by molar-refractivity contribution is 6.36. The lowest BCUT2D eigenvalue weighted by atomic mass is 10.1. The first-order valence-electron chi connectivity index (χ1n) is 9.68. The third kappa shape index (κ3) is 5.74. The molecule has 0 bridgehead atoms. The number of carbonyl (C=O) groups is 3. The maximum atomic E-state index is 14.3. The maximum absolute atomic E-state index is 14.3. The number of anilines is 1. The van der Waals surface area contributed by atoms with E-state index in [1.807, 2.05) is 4.90 Å². The number of amides is 1. The molecule has 0 spiro atoms. The van der Waals surface area contributed by atoms with E-state index in [9.17, 15) is 18.8 Å². The molecule has 1 heterocycles. The van der Waals surface area contributed by atoms with E-state index in [2.05, 4.69) is 0 Å². The fourth-order valence-electron chi connectivity index (χ4n) is 3.31. The molecule has 1 fully saturated rings. The minimum Gasteiger partial charge on any atom is -0.455 e. The van der Waals surface area contributed by atoms with Crippen molar-refractivity contribution in [2.75, 3.05) is 37.7 Å². The summed E-state index contributed by atoms with van der Waals surface area (Å²) in [5.74, 6) is -1.60. The van der Waals surface area contributed by atoms with Gasteiger partial charge in [0.1, 0.15) is 5.82 Å². The fourth-order valence-corrected chi connectivity index (χ4v) is 3.84. The first kappa shape index (κ1) is 23.0. The average Bonchev–Trinajstić information content (AvgIpc) is 2.74. The SMILES string of the molecule is CC(=O)c1ccc(N2CCN(C(=O)COC(=O)Cc3c(Cl)cccc3Cl)CC2)c(F)c1. The van der Waals surface area contributed by atoms with Gasteiger partial charge in [-0.3, -0.25) is 14.4 Å². The van der Waals surface area contributed by atoms with E-state index in [0.717, 1.165) is 0 Å². The summed E-state index contributed by atoms with van der Waals surface area (Å²) in [6.45, 7) is 2.56. The quantitative estimate of drug-likeness (QED) is 0.478. The molecule has 0 N–H and O–H groups in total. The van der Waals surface area contributed by atoms with E-state index in [1.165, 1.54) is 13.0 Å². The van der Waals surface area contributed by atoms with Crippen LogP contribution in [0, 0.1) is 5.82 Å². The Balaban J connectivity index is 1.49. The molecule has 1 aliphatic heterocycles. The third-order valence-electron chi connectivity index (χ3n) is 5.07. The Morgan fingerprint density at radius 2 is 1.68 bits per heavy atom. The van der Waals surface area contributed by atoms with Crippen LogP contribution in [-0.4, -0.2) is 55.3 Å². The molecule has 2 aromatic rings. The van der Waals surface area contributed by atoms with Crippen molar-refractivity contribution in [3.63, 3.8) is 0 Å². The van der Waals surface area contributed by atoms with Gasteiger partial charge in [-0.05, 0) is 37.3 Å². The number of Topliss-reactive ketones (excluding diaryl/α,β-unsaturated/α-hetero) is 1. The molecular formula is C22H21Cl2FN2O4. The summed E-state index contributed by atoms with van der Waals surface area (Å²) >= 11 is 12.1. The number of esters is 1. The molecule has 1 saturated heterocycles. The van der Waals surface area contributed by atoms with Crippen LogP contribution in [0.25, 0.3) is 0 Å². The molecule has 3 rings (SSSR count). The number of halogens is 3. The zero-order chi connectivity index (χ0) is 22.5. The number of hydrogen-bond acceptors (Lipinski definition) is 5. The van der Waals surface area contributed by atoms with Gasteiger partial charge in [-0.15, -0.1) is 0 Å². The first-order valence-corrected chi connectivity index (χ1v) is 10.4. The van der Waals surface area contributed by atoms with Crippen molar-refractivity contribution in [3.05, 3.63) is 63.4 Å². The number of ketones is 1. The van der Waals surface area contributed by atoms with Gasteiger partial charge in [-0.2, -0.15) is 0 Å². The fraction of sp³-hybridized carbons (Fsp3) is 0.318. The second kappa shape index (κ2) is 10.1. The van der Waals surface area contributed by atoms with Crippen molar-refractivity contribution in [1.29, 1.82) is 0 Å². The standard InChI is InChI=1S/C22H21Cl2FN2O4/c1-14(28)15-5-6-20(19(25)11-15)26-7-9-27(10-8-26)21(29)13-31-22(30)12-16-17(23)3-2-4-18(16)24/h2-6,11H,7-10,12-13H2,1H3. The van der Waals surface area contributed by atoms with E-state index in [0.29, 0.717) is 53.0 Å². The minimum absolute atomic E-state index is 0.130. The smallest absolute Gasteiger partial charge is 0.310 e. The highest BCUT2D eigenvalue weighted by Crippen LogP contribution is 2.25. The highest BCUT2D eigenvalue weighted by Gasteiger charge is 2.24. The summed E-state index contributed by atoms with van der Waals surface area (Å²) in [5, 5.41) is 0.714. The Bertz CT molecular complexity index is 987. The van der Waals surface area contributed by atoms with Crippen LogP contribution in [0.3, 0.4) is 0 Å². The molecule has 31 heavy (non-hydrogen) atoms. The van der Waals surface area contributed by atoms with Crippen LogP contribution in [-0.2, 0) is 20.7 Å². The first-order chi connectivity index (χ1) is 14.8. The van der Waals surface area contributed by atoms with Crippen molar-refractivity contribution < 1.29 is 23.5 Å². The largest absolute Gasteiger partial charge is 0.455 e. The zero-order valence-electron chi connectivity index (χ0n) is 16.9. The van der Waals surface area contributed by atoms with E-state index < -0.39 is 11.8 Å². The van der Waals surface area contributed by atoms with Crippen molar-refractivity contribution in [1.82, 2.24) is 4.90 Å². The number of ether oxygens (including phenoxy) is 1. The molecule has 2 aromatic carbocycles. The number of benzene rings is 2. The Morgan fingerprint density at radius 1 is 1.03 bits per heavy atom. The molecule has 1 aliphatic rings. The van der Waals surface area contributed by atoms with Gasteiger partial charge in [-0.25, -0.2) is 4.39 Å². The number of piperazine rings is 1. The van der Waals surface area contributed by atoms with Gasteiger partial charge in [0.25, 0.3) is 5.91 Å². The van der Waals surface area contributed by atoms with Crippen LogP contribution in [0.2, 0.25) is 10.0 Å². The molecular weight excluding hydrogens is 446 g/mol. The maximum Gasteiger partial charge on any atom is 0.310 e. The predicted octanol–water partition coefficient (Wildman–Crippen LogP) is 3.77. The summed E-state index contributed by atoms with van der Waals surface area (Å²) < 4.78 is 19.4. The van der Waals surface area contributed by atoms with Crippen LogP contribution in [0.15, 0.2) is 36.4 Å². The second-order valence-electron chi connectivity index (χ2n) is 7.13. The molecule has 0 aliphatic carbocycles. The Kier molecular flexibility index (Phi) is 7.51. The van der Waals surface area contributed by atoms with Crippen LogP contribution in [0.4, 0.5) is 10.1 Å². The molecule has 164 valence electrons. The molecule has 6 nitrogen and oxygen atoms in total. The van der Waals surface area contributed by atoms with Crippen molar-refractivity contribution in [2.45, 2.75) is 13.3 Å². The molecule has 0 aromatic heterocycles. The normalized spacial score (nSPS) is 13.8. The van der Waals surface area contributed by atoms with E-state index in [1.54, 1.807) is 35.2 Å². The summed E-state index contributed by atoms with van der Waals surface area (Å²) in [4.78, 5) is 39.2. The summed E-state index contributed by atoms with van der Waals surface area (Å²) in [7, 11) is 0. The van der Waals surface area contributed by atoms with E-state index in [4.69, 9.17) is 27.9 Å². The van der Waals surface area contributed by atoms with Crippen molar-refractivity contribution >= 4 is 46.5 Å². The van der Waals surface area contributed by atoms with Crippen molar-refractivity contribution in [3.8, 4) is 0 Å². The summed E-state index contributed by atoms with van der Waals surface area (Å²) in [6, 6.07) is 9.30. The number of carbonyl (C=O) groups excluding carboxylic acids is 3. The lowest BCUT2D eigenvalue weighted by Crippen LogP contribution is -2.50. The molecule has 0 radical (unpaired) electrons. The van der Waals surface area contributed by atoms with Crippen LogP contribution in [0.1, 0.15) is 22.8 Å². The molecule has 9 heteroatoms. The van der Waals surface area contributed by atoms with Gasteiger partial charge >= 0.3 is 5.97 Å². The number of hydrogen-bond donors (Lipinski definition) is 0. The van der Waals surface area contributed by atoms with E-state index >= 15 is 0 Å². The predicted molar refractivity (Wildman–Crippen MR) is 116 cm³/mol. The molecule has 0 saturated carbocycles. The Morgan fingerprint density at radius 3 is 2.26 bits per heavy atom. The van der Waals surface area contributed by atoms with Crippen molar-refractivity contribution in [2.24, 2.45) is 0 Å². The van der Waals surface area contributed by atoms with Gasteiger partial charge in [0.2, 0.25) is 0 Å². The highest BCUT2D eigenvalue weighted by atomic mass is 35.5. The summed E-state index contributed by atoms with van der Waals surface area (Å²) in [5.41, 5.74) is 1.16. The van der Waals surface area contributed by atoms with Gasteiger partial charge < -0.3 is 14.5 Å². The third-order valence-corrected chi connectivity index (χ3v) is 5.77. The van der Waals surface area contributed by atoms with Gasteiger partial charge in [0.05, 0.1) is 12.1 Å². The Hall–Kier alpha value is -2.64. The lowest BCUT2D eigenvalue weighted by molar-refractivity contribution is -0.151. The summed E-state index contributed by atoms with van der Waals surface area (Å²) in [6.07, 6.45) is -0.130. The second-order valence-corrected chi connectivity index (χ2v) is 7.94. The molecule has 1 amide bonds. The van der Waals surface area contributed by atoms with Crippen LogP contribution >= 0.6 is 23.2 Å². The topological polar surface area (TPSA) is 66.9 Å².